The summed E-state index contributed by atoms with van der Waals surface area (Å²) in [6.07, 6.45) is -5.96. The van der Waals surface area contributed by atoms with E-state index in [1.807, 2.05) is 0 Å². The van der Waals surface area contributed by atoms with Crippen molar-refractivity contribution in [2.75, 3.05) is 11.6 Å². The molecular formula is C13H17ClF3NO2S. The fourth-order valence-electron chi connectivity index (χ4n) is 1.83. The van der Waals surface area contributed by atoms with Gasteiger partial charge in [0, 0.05) is 12.3 Å². The quantitative estimate of drug-likeness (QED) is 0.771. The van der Waals surface area contributed by atoms with Crippen molar-refractivity contribution in [1.29, 1.82) is 0 Å². The summed E-state index contributed by atoms with van der Waals surface area (Å²) in [5.74, 6) is -0.624. The van der Waals surface area contributed by atoms with E-state index in [4.69, 9.17) is 11.6 Å². The predicted molar refractivity (Wildman–Crippen MR) is 76.7 cm³/mol. The van der Waals surface area contributed by atoms with E-state index < -0.39 is 40.3 Å². The summed E-state index contributed by atoms with van der Waals surface area (Å²) < 4.78 is 62.4. The smallest absolute Gasteiger partial charge is 0.212 e. The highest BCUT2D eigenvalue weighted by Gasteiger charge is 2.32. The number of halogens is 4. The van der Waals surface area contributed by atoms with E-state index in [9.17, 15) is 21.6 Å². The first-order valence-electron chi connectivity index (χ1n) is 6.28. The van der Waals surface area contributed by atoms with Gasteiger partial charge in [-0.15, -0.1) is 11.6 Å². The van der Waals surface area contributed by atoms with E-state index in [0.29, 0.717) is 5.56 Å². The lowest BCUT2D eigenvalue weighted by molar-refractivity contribution is -0.134. The van der Waals surface area contributed by atoms with Crippen LogP contribution >= 0.6 is 11.6 Å². The zero-order chi connectivity index (χ0) is 16.1. The third-order valence-corrected chi connectivity index (χ3v) is 5.05. The Hall–Kier alpha value is -0.790. The van der Waals surface area contributed by atoms with Gasteiger partial charge in [-0.3, -0.25) is 0 Å². The molecule has 1 atom stereocenters. The van der Waals surface area contributed by atoms with Crippen LogP contribution in [-0.4, -0.2) is 26.2 Å². The molecule has 1 unspecified atom stereocenters. The molecule has 0 aliphatic rings. The van der Waals surface area contributed by atoms with Crippen LogP contribution in [0.25, 0.3) is 0 Å². The highest BCUT2D eigenvalue weighted by molar-refractivity contribution is 7.89. The van der Waals surface area contributed by atoms with Gasteiger partial charge in [0.15, 0.2) is 0 Å². The maximum atomic E-state index is 12.1. The summed E-state index contributed by atoms with van der Waals surface area (Å²) in [7, 11) is -3.86. The van der Waals surface area contributed by atoms with Gasteiger partial charge in [0.05, 0.1) is 11.3 Å². The molecule has 0 amide bonds. The molecule has 0 heterocycles. The van der Waals surface area contributed by atoms with Crippen LogP contribution in [-0.2, 0) is 15.6 Å². The van der Waals surface area contributed by atoms with E-state index in [2.05, 4.69) is 4.72 Å². The van der Waals surface area contributed by atoms with E-state index in [1.165, 1.54) is 0 Å². The number of sulfonamides is 1. The van der Waals surface area contributed by atoms with Crippen molar-refractivity contribution in [3.63, 3.8) is 0 Å². The molecule has 0 saturated heterocycles. The van der Waals surface area contributed by atoms with Crippen molar-refractivity contribution in [2.24, 2.45) is 0 Å². The Balaban J connectivity index is 2.76. The fourth-order valence-corrected chi connectivity index (χ4v) is 3.63. The highest BCUT2D eigenvalue weighted by atomic mass is 35.5. The third-order valence-electron chi connectivity index (χ3n) is 2.93. The molecule has 21 heavy (non-hydrogen) atoms. The van der Waals surface area contributed by atoms with Crippen LogP contribution in [0.5, 0.6) is 0 Å². The van der Waals surface area contributed by atoms with Crippen molar-refractivity contribution < 1.29 is 21.6 Å². The van der Waals surface area contributed by atoms with Crippen molar-refractivity contribution in [3.8, 4) is 0 Å². The van der Waals surface area contributed by atoms with Crippen molar-refractivity contribution in [1.82, 2.24) is 4.72 Å². The maximum absolute atomic E-state index is 12.1. The Kier molecular flexibility index (Phi) is 6.07. The lowest BCUT2D eigenvalue weighted by Gasteiger charge is -2.29. The molecule has 0 aromatic heterocycles. The molecule has 1 aromatic rings. The molecule has 0 spiro atoms. The number of rotatable bonds is 7. The van der Waals surface area contributed by atoms with Crippen LogP contribution in [0.3, 0.4) is 0 Å². The van der Waals surface area contributed by atoms with Gasteiger partial charge >= 0.3 is 6.18 Å². The van der Waals surface area contributed by atoms with Crippen molar-refractivity contribution in [2.45, 2.75) is 31.5 Å². The summed E-state index contributed by atoms with van der Waals surface area (Å²) in [6.45, 7) is 1.59. The van der Waals surface area contributed by atoms with Gasteiger partial charge in [-0.25, -0.2) is 13.1 Å². The molecule has 0 saturated carbocycles. The number of hydrogen-bond acceptors (Lipinski definition) is 2. The molecule has 8 heteroatoms. The molecule has 3 nitrogen and oxygen atoms in total. The van der Waals surface area contributed by atoms with Gasteiger partial charge in [-0.2, -0.15) is 13.2 Å². The average Bonchev–Trinajstić information content (AvgIpc) is 2.37. The monoisotopic (exact) mass is 343 g/mol. The molecule has 0 bridgehead atoms. The number of alkyl halides is 4. The van der Waals surface area contributed by atoms with E-state index in [-0.39, 0.29) is 5.88 Å². The molecule has 0 fully saturated rings. The lowest BCUT2D eigenvalue weighted by atomic mass is 9.96. The second kappa shape index (κ2) is 6.98. The van der Waals surface area contributed by atoms with Gasteiger partial charge < -0.3 is 0 Å². The van der Waals surface area contributed by atoms with Crippen molar-refractivity contribution in [3.05, 3.63) is 35.9 Å². The van der Waals surface area contributed by atoms with Crippen LogP contribution in [0.2, 0.25) is 0 Å². The van der Waals surface area contributed by atoms with Gasteiger partial charge in [-0.1, -0.05) is 30.3 Å². The van der Waals surface area contributed by atoms with Gasteiger partial charge in [0.1, 0.15) is 0 Å². The van der Waals surface area contributed by atoms with Crippen LogP contribution in [0.1, 0.15) is 25.3 Å². The Bertz CT molecular complexity index is 548. The minimum atomic E-state index is -4.36. The summed E-state index contributed by atoms with van der Waals surface area (Å²) in [6, 6.07) is 8.66. The van der Waals surface area contributed by atoms with Gasteiger partial charge in [0.25, 0.3) is 0 Å². The second-order valence-electron chi connectivity index (χ2n) is 4.97. The van der Waals surface area contributed by atoms with E-state index in [1.54, 1.807) is 37.3 Å². The Morgan fingerprint density at radius 2 is 1.76 bits per heavy atom. The largest absolute Gasteiger partial charge is 0.389 e. The summed E-state index contributed by atoms with van der Waals surface area (Å²) in [5.41, 5.74) is -0.403. The Morgan fingerprint density at radius 3 is 2.24 bits per heavy atom. The molecule has 1 N–H and O–H groups in total. The van der Waals surface area contributed by atoms with Crippen LogP contribution in [0, 0.1) is 0 Å². The normalized spacial score (nSPS) is 15.7. The fraction of sp³-hybridized carbons (Fsp3) is 0.538. The SMILES string of the molecule is CC(CCl)(NS(=O)(=O)CCCC(F)(F)F)c1ccccc1. The first-order valence-corrected chi connectivity index (χ1v) is 8.46. The Labute approximate surface area is 127 Å². The summed E-state index contributed by atoms with van der Waals surface area (Å²) in [5, 5.41) is 0. The minimum Gasteiger partial charge on any atom is -0.212 e. The molecular weight excluding hydrogens is 327 g/mol. The molecule has 1 rings (SSSR count). The highest BCUT2D eigenvalue weighted by Crippen LogP contribution is 2.25. The second-order valence-corrected chi connectivity index (χ2v) is 7.08. The molecule has 0 aliphatic heterocycles. The average molecular weight is 344 g/mol. The summed E-state index contributed by atoms with van der Waals surface area (Å²) in [4.78, 5) is 0. The zero-order valence-electron chi connectivity index (χ0n) is 11.5. The first-order chi connectivity index (χ1) is 9.58. The predicted octanol–water partition coefficient (Wildman–Crippen LogP) is 3.40. The Morgan fingerprint density at radius 1 is 1.19 bits per heavy atom. The number of nitrogens with one attached hydrogen (secondary N) is 1. The van der Waals surface area contributed by atoms with Crippen LogP contribution in [0.4, 0.5) is 13.2 Å². The zero-order valence-corrected chi connectivity index (χ0v) is 13.0. The number of benzene rings is 1. The lowest BCUT2D eigenvalue weighted by Crippen LogP contribution is -2.45. The molecule has 0 radical (unpaired) electrons. The first kappa shape index (κ1) is 18.3. The van der Waals surface area contributed by atoms with Gasteiger partial charge in [0.2, 0.25) is 10.0 Å². The van der Waals surface area contributed by atoms with Crippen molar-refractivity contribution >= 4 is 21.6 Å². The summed E-state index contributed by atoms with van der Waals surface area (Å²) >= 11 is 5.85. The van der Waals surface area contributed by atoms with Gasteiger partial charge in [-0.05, 0) is 18.9 Å². The van der Waals surface area contributed by atoms with E-state index >= 15 is 0 Å². The topological polar surface area (TPSA) is 46.2 Å². The minimum absolute atomic E-state index is 0.0322. The van der Waals surface area contributed by atoms with E-state index in [0.717, 1.165) is 0 Å². The van der Waals surface area contributed by atoms with Crippen LogP contribution in [0.15, 0.2) is 30.3 Å². The maximum Gasteiger partial charge on any atom is 0.389 e. The van der Waals surface area contributed by atoms with Crippen LogP contribution < -0.4 is 4.72 Å². The standard InChI is InChI=1S/C13H17ClF3NO2S/c1-12(10-14,11-6-3-2-4-7-11)18-21(19,20)9-5-8-13(15,16)17/h2-4,6-7,18H,5,8-10H2,1H3. The third kappa shape index (κ3) is 6.23. The molecule has 1 aromatic carbocycles. The molecule has 120 valence electrons. The number of hydrogen-bond donors (Lipinski definition) is 1. The molecule has 0 aliphatic carbocycles.